The van der Waals surface area contributed by atoms with Crippen LogP contribution < -0.4 is 4.72 Å². The molecular weight excluding hydrogens is 310 g/mol. The normalized spacial score (nSPS) is 13.9. The Hall–Kier alpha value is -0.370. The van der Waals surface area contributed by atoms with E-state index in [1.807, 2.05) is 13.8 Å². The Kier molecular flexibility index (Phi) is 5.18. The minimum atomic E-state index is -3.59. The van der Waals surface area contributed by atoms with Gasteiger partial charge in [-0.05, 0) is 21.8 Å². The van der Waals surface area contributed by atoms with Crippen molar-refractivity contribution in [3.63, 3.8) is 0 Å². The fraction of sp³-hybridized carbons (Fsp3) is 0.600. The van der Waals surface area contributed by atoms with E-state index in [0.29, 0.717) is 6.54 Å². The Morgan fingerprint density at radius 2 is 2.24 bits per heavy atom. The second-order valence-electron chi connectivity index (χ2n) is 3.87. The summed E-state index contributed by atoms with van der Waals surface area (Å²) in [6.07, 6.45) is 0.900. The molecule has 0 aliphatic carbocycles. The Morgan fingerprint density at radius 1 is 1.59 bits per heavy atom. The molecule has 98 valence electrons. The van der Waals surface area contributed by atoms with Gasteiger partial charge < -0.3 is 9.52 Å². The molecule has 2 N–H and O–H groups in total. The van der Waals surface area contributed by atoms with Crippen molar-refractivity contribution in [1.29, 1.82) is 0 Å². The van der Waals surface area contributed by atoms with Gasteiger partial charge in [0.25, 0.3) is 0 Å². The van der Waals surface area contributed by atoms with Crippen molar-refractivity contribution in [3.05, 3.63) is 16.5 Å². The first-order valence-electron chi connectivity index (χ1n) is 5.29. The Labute approximate surface area is 109 Å². The molecule has 1 heterocycles. The van der Waals surface area contributed by atoms with E-state index in [9.17, 15) is 8.42 Å². The van der Waals surface area contributed by atoms with E-state index in [4.69, 9.17) is 9.52 Å². The third kappa shape index (κ3) is 3.80. The molecule has 0 saturated heterocycles. The largest absolute Gasteiger partial charge is 0.450 e. The van der Waals surface area contributed by atoms with E-state index >= 15 is 0 Å². The SMILES string of the molecule is CCC(C)CNS(=O)(=O)c1cc(CO)oc1Br. The van der Waals surface area contributed by atoms with Crippen molar-refractivity contribution in [2.45, 2.75) is 31.8 Å². The average Bonchev–Trinajstić information content (AvgIpc) is 2.68. The van der Waals surface area contributed by atoms with Crippen LogP contribution in [0.4, 0.5) is 0 Å². The second kappa shape index (κ2) is 5.99. The summed E-state index contributed by atoms with van der Waals surface area (Å²) in [6, 6.07) is 1.31. The van der Waals surface area contributed by atoms with Gasteiger partial charge in [-0.1, -0.05) is 20.3 Å². The Balaban J connectivity index is 2.85. The average molecular weight is 326 g/mol. The molecule has 0 aliphatic rings. The lowest BCUT2D eigenvalue weighted by Gasteiger charge is -2.09. The molecule has 1 aromatic heterocycles. The monoisotopic (exact) mass is 325 g/mol. The van der Waals surface area contributed by atoms with Gasteiger partial charge in [0, 0.05) is 12.6 Å². The molecule has 0 fully saturated rings. The van der Waals surface area contributed by atoms with Crippen molar-refractivity contribution in [2.75, 3.05) is 6.54 Å². The number of sulfonamides is 1. The molecule has 1 unspecified atom stereocenters. The molecule has 0 aromatic carbocycles. The number of hydrogen-bond acceptors (Lipinski definition) is 4. The van der Waals surface area contributed by atoms with Crippen LogP contribution in [0, 0.1) is 5.92 Å². The van der Waals surface area contributed by atoms with Crippen molar-refractivity contribution < 1.29 is 17.9 Å². The number of aliphatic hydroxyl groups excluding tert-OH is 1. The van der Waals surface area contributed by atoms with Gasteiger partial charge in [-0.3, -0.25) is 0 Å². The molecule has 1 atom stereocenters. The minimum Gasteiger partial charge on any atom is -0.450 e. The lowest BCUT2D eigenvalue weighted by molar-refractivity contribution is 0.245. The van der Waals surface area contributed by atoms with E-state index in [-0.39, 0.29) is 27.9 Å². The molecule has 1 rings (SSSR count). The zero-order valence-corrected chi connectivity index (χ0v) is 12.1. The van der Waals surface area contributed by atoms with E-state index in [0.717, 1.165) is 6.42 Å². The summed E-state index contributed by atoms with van der Waals surface area (Å²) in [7, 11) is -3.59. The third-order valence-corrected chi connectivity index (χ3v) is 4.75. The fourth-order valence-corrected chi connectivity index (χ4v) is 3.29. The van der Waals surface area contributed by atoms with Crippen LogP contribution in [0.15, 0.2) is 20.0 Å². The summed E-state index contributed by atoms with van der Waals surface area (Å²) in [6.45, 7) is 4.01. The van der Waals surface area contributed by atoms with Crippen LogP contribution >= 0.6 is 15.9 Å². The topological polar surface area (TPSA) is 79.5 Å². The maximum Gasteiger partial charge on any atom is 0.244 e. The van der Waals surface area contributed by atoms with Crippen LogP contribution in [0.3, 0.4) is 0 Å². The van der Waals surface area contributed by atoms with Gasteiger partial charge >= 0.3 is 0 Å². The summed E-state index contributed by atoms with van der Waals surface area (Å²) in [5, 5.41) is 8.87. The van der Waals surface area contributed by atoms with Crippen LogP contribution in [0.2, 0.25) is 0 Å². The predicted octanol–water partition coefficient (Wildman–Crippen LogP) is 1.86. The smallest absolute Gasteiger partial charge is 0.244 e. The molecular formula is C10H16BrNO4S. The molecule has 5 nitrogen and oxygen atoms in total. The summed E-state index contributed by atoms with van der Waals surface area (Å²) in [4.78, 5) is 0.0184. The van der Waals surface area contributed by atoms with Gasteiger partial charge in [0.05, 0.1) is 0 Å². The predicted molar refractivity (Wildman–Crippen MR) is 67.0 cm³/mol. The summed E-state index contributed by atoms with van der Waals surface area (Å²) in [5.74, 6) is 0.480. The first-order valence-corrected chi connectivity index (χ1v) is 7.57. The molecule has 17 heavy (non-hydrogen) atoms. The summed E-state index contributed by atoms with van der Waals surface area (Å²) in [5.41, 5.74) is 0. The summed E-state index contributed by atoms with van der Waals surface area (Å²) < 4.78 is 31.5. The first-order chi connectivity index (χ1) is 7.90. The number of rotatable bonds is 6. The minimum absolute atomic E-state index is 0.0184. The lowest BCUT2D eigenvalue weighted by atomic mass is 10.1. The van der Waals surface area contributed by atoms with E-state index in [2.05, 4.69) is 20.7 Å². The van der Waals surface area contributed by atoms with Crippen molar-refractivity contribution in [2.24, 2.45) is 5.92 Å². The van der Waals surface area contributed by atoms with Crippen LogP contribution in [0.1, 0.15) is 26.0 Å². The van der Waals surface area contributed by atoms with Crippen LogP contribution in [-0.2, 0) is 16.6 Å². The molecule has 0 amide bonds. The van der Waals surface area contributed by atoms with Gasteiger partial charge in [0.15, 0.2) is 4.67 Å². The highest BCUT2D eigenvalue weighted by molar-refractivity contribution is 9.10. The van der Waals surface area contributed by atoms with E-state index in [1.165, 1.54) is 6.07 Å². The van der Waals surface area contributed by atoms with E-state index in [1.54, 1.807) is 0 Å². The number of nitrogens with one attached hydrogen (secondary N) is 1. The Bertz CT molecular complexity index is 469. The molecule has 0 spiro atoms. The Morgan fingerprint density at radius 3 is 2.71 bits per heavy atom. The number of furan rings is 1. The van der Waals surface area contributed by atoms with Crippen LogP contribution in [-0.4, -0.2) is 20.1 Å². The van der Waals surface area contributed by atoms with Crippen molar-refractivity contribution in [1.82, 2.24) is 4.72 Å². The quantitative estimate of drug-likeness (QED) is 0.836. The van der Waals surface area contributed by atoms with Crippen LogP contribution in [0.5, 0.6) is 0 Å². The molecule has 0 bridgehead atoms. The van der Waals surface area contributed by atoms with Gasteiger partial charge in [0.2, 0.25) is 10.0 Å². The van der Waals surface area contributed by atoms with Crippen LogP contribution in [0.25, 0.3) is 0 Å². The third-order valence-electron chi connectivity index (χ3n) is 2.47. The van der Waals surface area contributed by atoms with Gasteiger partial charge in [-0.15, -0.1) is 0 Å². The van der Waals surface area contributed by atoms with E-state index < -0.39 is 10.0 Å². The maximum atomic E-state index is 11.9. The standard InChI is InChI=1S/C10H16BrNO4S/c1-3-7(2)5-12-17(14,15)9-4-8(6-13)16-10(9)11/h4,7,12-13H,3,5-6H2,1-2H3. The second-order valence-corrected chi connectivity index (χ2v) is 6.33. The van der Waals surface area contributed by atoms with Crippen molar-refractivity contribution in [3.8, 4) is 0 Å². The molecule has 0 aliphatic heterocycles. The highest BCUT2D eigenvalue weighted by Gasteiger charge is 2.22. The zero-order chi connectivity index (χ0) is 13.1. The van der Waals surface area contributed by atoms with Crippen molar-refractivity contribution >= 4 is 26.0 Å². The number of hydrogen-bond donors (Lipinski definition) is 2. The zero-order valence-electron chi connectivity index (χ0n) is 9.73. The first kappa shape index (κ1) is 14.7. The summed E-state index contributed by atoms with van der Waals surface area (Å²) >= 11 is 3.02. The molecule has 7 heteroatoms. The molecule has 0 saturated carbocycles. The van der Waals surface area contributed by atoms with Gasteiger partial charge in [-0.2, -0.15) is 0 Å². The highest BCUT2D eigenvalue weighted by Crippen LogP contribution is 2.26. The molecule has 1 aromatic rings. The van der Waals surface area contributed by atoms with Gasteiger partial charge in [-0.25, -0.2) is 13.1 Å². The fourth-order valence-electron chi connectivity index (χ4n) is 1.13. The lowest BCUT2D eigenvalue weighted by Crippen LogP contribution is -2.28. The number of aliphatic hydroxyl groups is 1. The highest BCUT2D eigenvalue weighted by atomic mass is 79.9. The molecule has 0 radical (unpaired) electrons. The van der Waals surface area contributed by atoms with Gasteiger partial charge in [0.1, 0.15) is 17.3 Å². The number of halogens is 1. The maximum absolute atomic E-state index is 11.9.